The van der Waals surface area contributed by atoms with Crippen molar-refractivity contribution in [2.45, 2.75) is 63.0 Å². The van der Waals surface area contributed by atoms with Gasteiger partial charge in [-0.1, -0.05) is 0 Å². The molecule has 196 valence electrons. The van der Waals surface area contributed by atoms with E-state index in [0.29, 0.717) is 5.56 Å². The molecule has 2 rings (SSSR count). The maximum Gasteiger partial charge on any atom is 0.253 e. The molecule has 0 radical (unpaired) electrons. The molecule has 1 aromatic carbocycles. The molecule has 8 atom stereocenters. The summed E-state index contributed by atoms with van der Waals surface area (Å²) in [6, 6.07) is 4.19. The number of ether oxygens (including phenoxy) is 4. The number of aromatic hydroxyl groups is 1. The molecule has 0 spiro atoms. The average Bonchev–Trinajstić information content (AvgIpc) is 2.80. The van der Waals surface area contributed by atoms with Crippen LogP contribution in [-0.2, 0) is 14.2 Å². The fraction of sp³-hybridized carbons (Fsp3) is 0.667. The van der Waals surface area contributed by atoms with Crippen LogP contribution in [0.25, 0.3) is 0 Å². The fourth-order valence-electron chi connectivity index (χ4n) is 2.99. The molecule has 6 unspecified atom stereocenters. The number of benzene rings is 1. The number of nitrogens with one attached hydrogen (secondary N) is 1. The predicted molar refractivity (Wildman–Crippen MR) is 116 cm³/mol. The van der Waals surface area contributed by atoms with Gasteiger partial charge in [-0.05, 0) is 32.0 Å². The lowest BCUT2D eigenvalue weighted by Crippen LogP contribution is -2.60. The molecule has 1 aliphatic heterocycles. The molecule has 13 heteroatoms. The lowest BCUT2D eigenvalue weighted by Gasteiger charge is -2.41. The molecule has 1 aliphatic rings. The van der Waals surface area contributed by atoms with Gasteiger partial charge in [0.1, 0.15) is 36.7 Å². The molecule has 1 aromatic rings. The zero-order valence-electron chi connectivity index (χ0n) is 19.4. The Hall–Kier alpha value is -2.07. The number of aliphatic hydroxyl groups is 6. The molecule has 1 heterocycles. The van der Waals surface area contributed by atoms with E-state index >= 15 is 0 Å². The number of methoxy groups -OCH3 is 2. The van der Waals surface area contributed by atoms with Gasteiger partial charge in [-0.25, -0.2) is 0 Å². The zero-order valence-corrected chi connectivity index (χ0v) is 19.4. The third-order valence-corrected chi connectivity index (χ3v) is 4.99. The molecule has 0 aromatic heterocycles. The Labute approximate surface area is 197 Å². The number of rotatable bonds is 9. The molecule has 1 fully saturated rings. The van der Waals surface area contributed by atoms with Gasteiger partial charge in [0, 0.05) is 12.7 Å². The van der Waals surface area contributed by atoms with Gasteiger partial charge < -0.3 is 60.0 Å². The first-order valence-corrected chi connectivity index (χ1v) is 10.5. The van der Waals surface area contributed by atoms with Gasteiger partial charge in [0.05, 0.1) is 26.4 Å². The number of aliphatic hydroxyl groups excluding tert-OH is 6. The van der Waals surface area contributed by atoms with E-state index in [4.69, 9.17) is 34.3 Å². The molecule has 13 nitrogen and oxygen atoms in total. The minimum atomic E-state index is -1.49. The minimum absolute atomic E-state index is 0.0360. The Morgan fingerprint density at radius 2 is 1.76 bits per heavy atom. The molecule has 0 saturated carbocycles. The largest absolute Gasteiger partial charge is 0.504 e. The van der Waals surface area contributed by atoms with Crippen LogP contribution in [0.15, 0.2) is 18.2 Å². The van der Waals surface area contributed by atoms with Crippen molar-refractivity contribution in [2.24, 2.45) is 0 Å². The van der Waals surface area contributed by atoms with Crippen LogP contribution in [0.4, 0.5) is 0 Å². The molecule has 8 N–H and O–H groups in total. The van der Waals surface area contributed by atoms with Crippen molar-refractivity contribution in [1.82, 2.24) is 5.32 Å². The highest BCUT2D eigenvalue weighted by molar-refractivity contribution is 5.94. The van der Waals surface area contributed by atoms with Crippen molar-refractivity contribution in [3.05, 3.63) is 23.8 Å². The Morgan fingerprint density at radius 3 is 2.26 bits per heavy atom. The minimum Gasteiger partial charge on any atom is -0.504 e. The molecule has 34 heavy (non-hydrogen) atoms. The topological polar surface area (TPSA) is 208 Å². The molecule has 1 amide bonds. The molecule has 0 aliphatic carbocycles. The highest BCUT2D eigenvalue weighted by atomic mass is 16.7. The van der Waals surface area contributed by atoms with Crippen molar-refractivity contribution < 1.29 is 59.5 Å². The highest BCUT2D eigenvalue weighted by Crippen LogP contribution is 2.26. The Bertz CT molecular complexity index is 742. The molecule has 0 bridgehead atoms. The third-order valence-electron chi connectivity index (χ3n) is 4.99. The maximum absolute atomic E-state index is 11.4. The van der Waals surface area contributed by atoms with E-state index in [2.05, 4.69) is 5.32 Å². The van der Waals surface area contributed by atoms with E-state index < -0.39 is 61.7 Å². The molecular formula is C21H35NO12. The van der Waals surface area contributed by atoms with Crippen LogP contribution in [-0.4, -0.2) is 118 Å². The van der Waals surface area contributed by atoms with Gasteiger partial charge in [-0.2, -0.15) is 0 Å². The van der Waals surface area contributed by atoms with E-state index in [0.717, 1.165) is 0 Å². The van der Waals surface area contributed by atoms with Gasteiger partial charge in [-0.15, -0.1) is 0 Å². The van der Waals surface area contributed by atoms with E-state index in [1.165, 1.54) is 39.3 Å². The zero-order chi connectivity index (χ0) is 26.0. The number of amides is 1. The van der Waals surface area contributed by atoms with Gasteiger partial charge >= 0.3 is 0 Å². The second-order valence-corrected chi connectivity index (χ2v) is 7.53. The summed E-state index contributed by atoms with van der Waals surface area (Å²) < 4.78 is 20.3. The average molecular weight is 494 g/mol. The fourth-order valence-corrected chi connectivity index (χ4v) is 2.99. The predicted octanol–water partition coefficient (Wildman–Crippen LogP) is -2.33. The number of hydrogen-bond acceptors (Lipinski definition) is 12. The second kappa shape index (κ2) is 14.4. The van der Waals surface area contributed by atoms with Gasteiger partial charge in [0.2, 0.25) is 0 Å². The van der Waals surface area contributed by atoms with E-state index in [1.54, 1.807) is 6.92 Å². The first-order valence-electron chi connectivity index (χ1n) is 10.5. The summed E-state index contributed by atoms with van der Waals surface area (Å²) in [5, 5.41) is 67.6. The van der Waals surface area contributed by atoms with Crippen LogP contribution in [0.2, 0.25) is 0 Å². The Kier molecular flexibility index (Phi) is 12.7. The lowest BCUT2D eigenvalue weighted by molar-refractivity contribution is -0.316. The highest BCUT2D eigenvalue weighted by Gasteiger charge is 2.44. The summed E-state index contributed by atoms with van der Waals surface area (Å²) in [5.41, 5.74) is 0.311. The number of phenols is 1. The van der Waals surface area contributed by atoms with Gasteiger partial charge in [-0.3, -0.25) is 4.79 Å². The van der Waals surface area contributed by atoms with E-state index in [9.17, 15) is 25.2 Å². The summed E-state index contributed by atoms with van der Waals surface area (Å²) in [5.74, 6) is -0.248. The van der Waals surface area contributed by atoms with Crippen LogP contribution in [0.1, 0.15) is 24.2 Å². The van der Waals surface area contributed by atoms with Crippen molar-refractivity contribution in [1.29, 1.82) is 0 Å². The molecule has 1 saturated heterocycles. The van der Waals surface area contributed by atoms with Crippen molar-refractivity contribution in [3.8, 4) is 11.5 Å². The first kappa shape index (κ1) is 30.0. The SMILES string of the molecule is COC(CO)C(C)OC1O[C@@H](CO)C(O)C(O)C1O.COc1cc(C(=O)N[C@H](C)O)ccc1O. The molecular weight excluding hydrogens is 458 g/mol. The van der Waals surface area contributed by atoms with Crippen molar-refractivity contribution in [2.75, 3.05) is 27.4 Å². The number of phenolic OH excluding ortho intramolecular Hbond substituents is 1. The standard InChI is InChI=1S/C11H22O8.C10H13NO4/c1-5(6(3-12)17-2)18-11-10(16)9(15)8(14)7(4-13)19-11;1-6(12)11-10(14)7-3-4-8(13)9(5-7)15-2/h5-16H,3-4H2,1-2H3;3-6,12-13H,1-2H3,(H,11,14)/t5?,6?,7-,8?,9?,10?,11?;6-/m00/s1. The summed E-state index contributed by atoms with van der Waals surface area (Å²) in [6.45, 7) is 2.24. The second-order valence-electron chi connectivity index (χ2n) is 7.53. The van der Waals surface area contributed by atoms with Gasteiger partial charge in [0.25, 0.3) is 5.91 Å². The van der Waals surface area contributed by atoms with Crippen LogP contribution >= 0.6 is 0 Å². The summed E-state index contributed by atoms with van der Waals surface area (Å²) in [6.07, 6.45) is -8.78. The quantitative estimate of drug-likeness (QED) is 0.170. The van der Waals surface area contributed by atoms with Crippen molar-refractivity contribution >= 4 is 5.91 Å². The summed E-state index contributed by atoms with van der Waals surface area (Å²) in [4.78, 5) is 11.4. The Balaban J connectivity index is 0.000000350. The van der Waals surface area contributed by atoms with E-state index in [1.807, 2.05) is 0 Å². The normalized spacial score (nSPS) is 27.1. The van der Waals surface area contributed by atoms with Crippen LogP contribution in [0, 0.1) is 0 Å². The van der Waals surface area contributed by atoms with E-state index in [-0.39, 0.29) is 18.1 Å². The third kappa shape index (κ3) is 8.30. The summed E-state index contributed by atoms with van der Waals surface area (Å²) >= 11 is 0. The summed E-state index contributed by atoms with van der Waals surface area (Å²) in [7, 11) is 2.79. The smallest absolute Gasteiger partial charge is 0.253 e. The van der Waals surface area contributed by atoms with Crippen molar-refractivity contribution in [3.63, 3.8) is 0 Å². The first-order chi connectivity index (χ1) is 16.0. The number of carbonyl (C=O) groups excluding carboxylic acids is 1. The monoisotopic (exact) mass is 493 g/mol. The van der Waals surface area contributed by atoms with Crippen LogP contribution in [0.3, 0.4) is 0 Å². The maximum atomic E-state index is 11.4. The Morgan fingerprint density at radius 1 is 1.12 bits per heavy atom. The number of carbonyl (C=O) groups is 1. The van der Waals surface area contributed by atoms with Gasteiger partial charge in [0.15, 0.2) is 17.8 Å². The van der Waals surface area contributed by atoms with Crippen LogP contribution < -0.4 is 10.1 Å². The number of hydrogen-bond donors (Lipinski definition) is 8. The lowest BCUT2D eigenvalue weighted by atomic mass is 9.99. The van der Waals surface area contributed by atoms with Crippen LogP contribution in [0.5, 0.6) is 11.5 Å².